The van der Waals surface area contributed by atoms with Crippen LogP contribution in [0.2, 0.25) is 0 Å². The molecule has 20 heavy (non-hydrogen) atoms. The Balaban J connectivity index is 2.50. The van der Waals surface area contributed by atoms with Gasteiger partial charge in [-0.2, -0.15) is 0 Å². The standard InChI is InChI=1S/C15H18O5/c1-4-10-8-11(18-3)6-7-12(10)15(5-2)19-13(16)9-14(17)20-15/h6-8H,4-5,9H2,1-3H3. The van der Waals surface area contributed by atoms with Crippen LogP contribution >= 0.6 is 0 Å². The summed E-state index contributed by atoms with van der Waals surface area (Å²) in [5, 5.41) is 0. The van der Waals surface area contributed by atoms with Crippen molar-refractivity contribution in [3.8, 4) is 5.75 Å². The number of cyclic esters (lactones) is 2. The van der Waals surface area contributed by atoms with Gasteiger partial charge in [0, 0.05) is 12.0 Å². The molecule has 0 atom stereocenters. The second-order valence-electron chi connectivity index (χ2n) is 4.61. The van der Waals surface area contributed by atoms with E-state index in [1.807, 2.05) is 19.9 Å². The van der Waals surface area contributed by atoms with Crippen molar-refractivity contribution in [3.05, 3.63) is 29.3 Å². The molecule has 0 aromatic heterocycles. The van der Waals surface area contributed by atoms with Crippen molar-refractivity contribution in [1.82, 2.24) is 0 Å². The molecular formula is C15H18O5. The summed E-state index contributed by atoms with van der Waals surface area (Å²) in [7, 11) is 1.59. The molecule has 2 rings (SSSR count). The lowest BCUT2D eigenvalue weighted by Crippen LogP contribution is -2.43. The van der Waals surface area contributed by atoms with E-state index in [0.29, 0.717) is 24.2 Å². The van der Waals surface area contributed by atoms with Crippen LogP contribution in [0.3, 0.4) is 0 Å². The first-order chi connectivity index (χ1) is 9.54. The van der Waals surface area contributed by atoms with E-state index >= 15 is 0 Å². The van der Waals surface area contributed by atoms with E-state index in [2.05, 4.69) is 0 Å². The third kappa shape index (κ3) is 2.48. The summed E-state index contributed by atoms with van der Waals surface area (Å²) < 4.78 is 15.9. The number of rotatable bonds is 4. The number of carbonyl (C=O) groups is 2. The molecule has 5 heteroatoms. The molecule has 0 unspecified atom stereocenters. The highest BCUT2D eigenvalue weighted by atomic mass is 16.7. The van der Waals surface area contributed by atoms with E-state index in [1.54, 1.807) is 19.2 Å². The summed E-state index contributed by atoms with van der Waals surface area (Å²) in [5.41, 5.74) is 1.62. The van der Waals surface area contributed by atoms with Crippen LogP contribution in [-0.4, -0.2) is 19.0 Å². The van der Waals surface area contributed by atoms with Crippen LogP contribution in [0.5, 0.6) is 5.75 Å². The van der Waals surface area contributed by atoms with Crippen LogP contribution in [0.25, 0.3) is 0 Å². The molecule has 1 aromatic rings. The van der Waals surface area contributed by atoms with Gasteiger partial charge in [-0.15, -0.1) is 0 Å². The summed E-state index contributed by atoms with van der Waals surface area (Å²) in [6, 6.07) is 5.41. The molecule has 1 fully saturated rings. The van der Waals surface area contributed by atoms with Crippen molar-refractivity contribution in [2.75, 3.05) is 7.11 Å². The minimum atomic E-state index is -1.32. The first kappa shape index (κ1) is 14.4. The fourth-order valence-electron chi connectivity index (χ4n) is 2.38. The topological polar surface area (TPSA) is 61.8 Å². The molecule has 1 aliphatic rings. The zero-order chi connectivity index (χ0) is 14.8. The Kier molecular flexibility index (Phi) is 3.97. The molecule has 108 valence electrons. The summed E-state index contributed by atoms with van der Waals surface area (Å²) in [5.74, 6) is -1.71. The van der Waals surface area contributed by atoms with Gasteiger partial charge in [0.15, 0.2) is 0 Å². The molecule has 5 nitrogen and oxygen atoms in total. The van der Waals surface area contributed by atoms with Gasteiger partial charge < -0.3 is 14.2 Å². The average Bonchev–Trinajstić information content (AvgIpc) is 2.45. The average molecular weight is 278 g/mol. The number of aryl methyl sites for hydroxylation is 1. The Morgan fingerprint density at radius 1 is 1.20 bits per heavy atom. The largest absolute Gasteiger partial charge is 0.497 e. The number of ether oxygens (including phenoxy) is 3. The Labute approximate surface area is 117 Å². The molecule has 0 N–H and O–H groups in total. The fraction of sp³-hybridized carbons (Fsp3) is 0.467. The lowest BCUT2D eigenvalue weighted by Gasteiger charge is -2.36. The van der Waals surface area contributed by atoms with Gasteiger partial charge in [-0.05, 0) is 30.2 Å². The Morgan fingerprint density at radius 3 is 2.35 bits per heavy atom. The highest BCUT2D eigenvalue weighted by Crippen LogP contribution is 2.38. The van der Waals surface area contributed by atoms with Crippen LogP contribution in [0.15, 0.2) is 18.2 Å². The van der Waals surface area contributed by atoms with Crippen LogP contribution in [0.4, 0.5) is 0 Å². The van der Waals surface area contributed by atoms with Gasteiger partial charge in [-0.1, -0.05) is 13.8 Å². The minimum Gasteiger partial charge on any atom is -0.497 e. The molecular weight excluding hydrogens is 260 g/mol. The van der Waals surface area contributed by atoms with E-state index in [9.17, 15) is 9.59 Å². The number of carbonyl (C=O) groups excluding carboxylic acids is 2. The normalized spacial score (nSPS) is 17.4. The van der Waals surface area contributed by atoms with E-state index in [1.165, 1.54) is 0 Å². The van der Waals surface area contributed by atoms with Gasteiger partial charge in [0.2, 0.25) is 0 Å². The minimum absolute atomic E-state index is 0.334. The zero-order valence-electron chi connectivity index (χ0n) is 11.9. The van der Waals surface area contributed by atoms with Crippen molar-refractivity contribution >= 4 is 11.9 Å². The summed E-state index contributed by atoms with van der Waals surface area (Å²) in [4.78, 5) is 23.2. The molecule has 0 spiro atoms. The molecule has 0 bridgehead atoms. The smallest absolute Gasteiger partial charge is 0.320 e. The molecule has 0 saturated carbocycles. The molecule has 1 aliphatic heterocycles. The van der Waals surface area contributed by atoms with Crippen LogP contribution in [0.1, 0.15) is 37.8 Å². The molecule has 1 saturated heterocycles. The predicted molar refractivity (Wildman–Crippen MR) is 71.1 cm³/mol. The van der Waals surface area contributed by atoms with Gasteiger partial charge in [0.05, 0.1) is 7.11 Å². The zero-order valence-corrected chi connectivity index (χ0v) is 11.9. The fourth-order valence-corrected chi connectivity index (χ4v) is 2.38. The monoisotopic (exact) mass is 278 g/mol. The molecule has 1 aromatic carbocycles. The van der Waals surface area contributed by atoms with E-state index in [-0.39, 0.29) is 6.42 Å². The summed E-state index contributed by atoms with van der Waals surface area (Å²) in [6.07, 6.45) is 0.743. The third-order valence-electron chi connectivity index (χ3n) is 3.42. The number of benzene rings is 1. The van der Waals surface area contributed by atoms with Gasteiger partial charge >= 0.3 is 11.9 Å². The second-order valence-corrected chi connectivity index (χ2v) is 4.61. The molecule has 0 amide bonds. The third-order valence-corrected chi connectivity index (χ3v) is 3.42. The first-order valence-electron chi connectivity index (χ1n) is 6.65. The van der Waals surface area contributed by atoms with Gasteiger partial charge in [-0.3, -0.25) is 9.59 Å². The van der Waals surface area contributed by atoms with Crippen molar-refractivity contribution in [1.29, 1.82) is 0 Å². The number of hydrogen-bond acceptors (Lipinski definition) is 5. The first-order valence-corrected chi connectivity index (χ1v) is 6.65. The maximum atomic E-state index is 11.6. The van der Waals surface area contributed by atoms with E-state index < -0.39 is 17.7 Å². The Hall–Kier alpha value is -2.04. The lowest BCUT2D eigenvalue weighted by molar-refractivity contribution is -0.251. The van der Waals surface area contributed by atoms with Crippen molar-refractivity contribution < 1.29 is 23.8 Å². The Morgan fingerprint density at radius 2 is 1.85 bits per heavy atom. The van der Waals surface area contributed by atoms with Crippen molar-refractivity contribution in [3.63, 3.8) is 0 Å². The van der Waals surface area contributed by atoms with Gasteiger partial charge in [0.1, 0.15) is 12.2 Å². The van der Waals surface area contributed by atoms with Crippen LogP contribution < -0.4 is 4.74 Å². The molecule has 0 radical (unpaired) electrons. The van der Waals surface area contributed by atoms with E-state index in [0.717, 1.165) is 5.56 Å². The molecule has 0 aliphatic carbocycles. The lowest BCUT2D eigenvalue weighted by atomic mass is 9.94. The number of esters is 2. The molecule has 1 heterocycles. The van der Waals surface area contributed by atoms with Crippen LogP contribution in [-0.2, 0) is 31.3 Å². The number of hydrogen-bond donors (Lipinski definition) is 0. The number of methoxy groups -OCH3 is 1. The maximum absolute atomic E-state index is 11.6. The maximum Gasteiger partial charge on any atom is 0.320 e. The van der Waals surface area contributed by atoms with Crippen LogP contribution in [0, 0.1) is 0 Å². The van der Waals surface area contributed by atoms with Crippen molar-refractivity contribution in [2.45, 2.75) is 38.9 Å². The second kappa shape index (κ2) is 5.53. The summed E-state index contributed by atoms with van der Waals surface area (Å²) >= 11 is 0. The highest BCUT2D eigenvalue weighted by molar-refractivity contribution is 5.93. The predicted octanol–water partition coefficient (Wildman–Crippen LogP) is 2.31. The Bertz CT molecular complexity index is 519. The van der Waals surface area contributed by atoms with E-state index in [4.69, 9.17) is 14.2 Å². The summed E-state index contributed by atoms with van der Waals surface area (Å²) in [6.45, 7) is 3.80. The quantitative estimate of drug-likeness (QED) is 0.624. The van der Waals surface area contributed by atoms with Gasteiger partial charge in [0.25, 0.3) is 5.79 Å². The SMILES string of the molecule is CCc1cc(OC)ccc1C1(CC)OC(=O)CC(=O)O1. The van der Waals surface area contributed by atoms with Gasteiger partial charge in [-0.25, -0.2) is 0 Å². The highest BCUT2D eigenvalue weighted by Gasteiger charge is 2.44. The van der Waals surface area contributed by atoms with Crippen molar-refractivity contribution in [2.24, 2.45) is 0 Å².